The second-order valence-corrected chi connectivity index (χ2v) is 5.95. The summed E-state index contributed by atoms with van der Waals surface area (Å²) in [5.74, 6) is -0.0371. The van der Waals surface area contributed by atoms with Gasteiger partial charge in [-0.05, 0) is 24.3 Å². The van der Waals surface area contributed by atoms with Crippen LogP contribution in [0, 0.1) is 0 Å². The molecule has 0 bridgehead atoms. The van der Waals surface area contributed by atoms with E-state index in [0.717, 1.165) is 5.56 Å². The lowest BCUT2D eigenvalue weighted by molar-refractivity contribution is -0.114. The van der Waals surface area contributed by atoms with E-state index in [-0.39, 0.29) is 11.8 Å². The van der Waals surface area contributed by atoms with E-state index in [1.165, 1.54) is 18.7 Å². The zero-order valence-electron chi connectivity index (χ0n) is 15.3. The van der Waals surface area contributed by atoms with Gasteiger partial charge in [-0.15, -0.1) is 0 Å². The van der Waals surface area contributed by atoms with Crippen LogP contribution >= 0.6 is 0 Å². The number of rotatable bonds is 5. The molecule has 0 spiro atoms. The van der Waals surface area contributed by atoms with E-state index in [2.05, 4.69) is 15.7 Å². The van der Waals surface area contributed by atoms with Crippen molar-refractivity contribution in [3.63, 3.8) is 0 Å². The SMILES string of the molecule is COc1ccc(NC(C)=O)cc1NC(=O)c1cc(-c2ccccc2)nn1C. The van der Waals surface area contributed by atoms with Crippen molar-refractivity contribution in [2.75, 3.05) is 17.7 Å². The molecule has 0 unspecified atom stereocenters. The number of amides is 2. The van der Waals surface area contributed by atoms with Crippen LogP contribution in [0.3, 0.4) is 0 Å². The molecule has 0 saturated heterocycles. The second kappa shape index (κ2) is 7.74. The van der Waals surface area contributed by atoms with Crippen LogP contribution < -0.4 is 15.4 Å². The van der Waals surface area contributed by atoms with Crippen molar-refractivity contribution >= 4 is 23.2 Å². The third kappa shape index (κ3) is 4.14. The summed E-state index contributed by atoms with van der Waals surface area (Å²) in [6, 6.07) is 16.4. The zero-order chi connectivity index (χ0) is 19.4. The van der Waals surface area contributed by atoms with Gasteiger partial charge in [0, 0.05) is 25.2 Å². The molecule has 138 valence electrons. The Balaban J connectivity index is 1.87. The monoisotopic (exact) mass is 364 g/mol. The van der Waals surface area contributed by atoms with Gasteiger partial charge < -0.3 is 15.4 Å². The Kier molecular flexibility index (Phi) is 5.21. The molecular formula is C20H20N4O3. The molecule has 2 N–H and O–H groups in total. The number of ether oxygens (including phenoxy) is 1. The summed E-state index contributed by atoms with van der Waals surface area (Å²) >= 11 is 0. The van der Waals surface area contributed by atoms with Crippen LogP contribution in [-0.2, 0) is 11.8 Å². The van der Waals surface area contributed by atoms with Gasteiger partial charge in [0.05, 0.1) is 18.5 Å². The molecule has 0 atom stereocenters. The van der Waals surface area contributed by atoms with E-state index < -0.39 is 0 Å². The molecule has 7 nitrogen and oxygen atoms in total. The minimum Gasteiger partial charge on any atom is -0.495 e. The Bertz CT molecular complexity index is 980. The Morgan fingerprint density at radius 1 is 1.04 bits per heavy atom. The summed E-state index contributed by atoms with van der Waals surface area (Å²) in [6.45, 7) is 1.42. The Morgan fingerprint density at radius 3 is 2.44 bits per heavy atom. The predicted molar refractivity (Wildman–Crippen MR) is 104 cm³/mol. The van der Waals surface area contributed by atoms with E-state index in [0.29, 0.717) is 28.5 Å². The fourth-order valence-electron chi connectivity index (χ4n) is 2.70. The van der Waals surface area contributed by atoms with Crippen LogP contribution in [0.5, 0.6) is 5.75 Å². The number of aryl methyl sites for hydroxylation is 1. The molecule has 27 heavy (non-hydrogen) atoms. The molecule has 0 aliphatic rings. The molecule has 0 fully saturated rings. The van der Waals surface area contributed by atoms with E-state index >= 15 is 0 Å². The van der Waals surface area contributed by atoms with Gasteiger partial charge in [0.25, 0.3) is 5.91 Å². The van der Waals surface area contributed by atoms with Crippen LogP contribution in [0.2, 0.25) is 0 Å². The molecule has 1 aromatic heterocycles. The molecule has 0 radical (unpaired) electrons. The van der Waals surface area contributed by atoms with Gasteiger partial charge in [0.15, 0.2) is 0 Å². The first kappa shape index (κ1) is 18.2. The van der Waals surface area contributed by atoms with E-state index in [1.54, 1.807) is 31.3 Å². The normalized spacial score (nSPS) is 10.3. The number of carbonyl (C=O) groups excluding carboxylic acids is 2. The van der Waals surface area contributed by atoms with Crippen molar-refractivity contribution in [2.45, 2.75) is 6.92 Å². The molecule has 2 amide bonds. The number of benzene rings is 2. The van der Waals surface area contributed by atoms with Gasteiger partial charge >= 0.3 is 0 Å². The Hall–Kier alpha value is -3.61. The minimum atomic E-state index is -0.328. The highest BCUT2D eigenvalue weighted by atomic mass is 16.5. The van der Waals surface area contributed by atoms with Crippen molar-refractivity contribution in [3.8, 4) is 17.0 Å². The van der Waals surface area contributed by atoms with Gasteiger partial charge in [0.2, 0.25) is 5.91 Å². The number of hydrogen-bond donors (Lipinski definition) is 2. The molecule has 0 aliphatic heterocycles. The highest BCUT2D eigenvalue weighted by Gasteiger charge is 2.16. The fourth-order valence-corrected chi connectivity index (χ4v) is 2.70. The molecule has 0 saturated carbocycles. The molecule has 7 heteroatoms. The standard InChI is InChI=1S/C20H20N4O3/c1-13(25)21-15-9-10-19(27-3)17(11-15)22-20(26)18-12-16(23-24(18)2)14-7-5-4-6-8-14/h4-12H,1-3H3,(H,21,25)(H,22,26). The fraction of sp³-hybridized carbons (Fsp3) is 0.150. The second-order valence-electron chi connectivity index (χ2n) is 5.95. The Labute approximate surface area is 157 Å². The smallest absolute Gasteiger partial charge is 0.274 e. The number of hydrogen-bond acceptors (Lipinski definition) is 4. The number of nitrogens with zero attached hydrogens (tertiary/aromatic N) is 2. The van der Waals surface area contributed by atoms with E-state index in [1.807, 2.05) is 30.3 Å². The first-order valence-electron chi connectivity index (χ1n) is 8.34. The van der Waals surface area contributed by atoms with E-state index in [4.69, 9.17) is 4.74 Å². The maximum atomic E-state index is 12.8. The van der Waals surface area contributed by atoms with Crippen molar-refractivity contribution < 1.29 is 14.3 Å². The van der Waals surface area contributed by atoms with Gasteiger partial charge in [-0.3, -0.25) is 14.3 Å². The maximum Gasteiger partial charge on any atom is 0.274 e. The topological polar surface area (TPSA) is 85.2 Å². The molecular weight excluding hydrogens is 344 g/mol. The van der Waals surface area contributed by atoms with Gasteiger partial charge in [-0.25, -0.2) is 0 Å². The van der Waals surface area contributed by atoms with Crippen molar-refractivity contribution in [2.24, 2.45) is 7.05 Å². The van der Waals surface area contributed by atoms with E-state index in [9.17, 15) is 9.59 Å². The average Bonchev–Trinajstić information content (AvgIpc) is 3.04. The van der Waals surface area contributed by atoms with Gasteiger partial charge in [-0.2, -0.15) is 5.10 Å². The largest absolute Gasteiger partial charge is 0.495 e. The summed E-state index contributed by atoms with van der Waals surface area (Å²) in [5.41, 5.74) is 3.06. The van der Waals surface area contributed by atoms with Crippen LogP contribution in [0.4, 0.5) is 11.4 Å². The summed E-state index contributed by atoms with van der Waals surface area (Å²) in [6.07, 6.45) is 0. The lowest BCUT2D eigenvalue weighted by atomic mass is 10.1. The first-order chi connectivity index (χ1) is 13.0. The molecule has 1 heterocycles. The van der Waals surface area contributed by atoms with Crippen LogP contribution in [0.15, 0.2) is 54.6 Å². The molecule has 3 rings (SSSR count). The summed E-state index contributed by atoms with van der Waals surface area (Å²) < 4.78 is 6.83. The molecule has 3 aromatic rings. The lowest BCUT2D eigenvalue weighted by Crippen LogP contribution is -2.17. The number of nitrogens with one attached hydrogen (secondary N) is 2. The maximum absolute atomic E-state index is 12.8. The number of carbonyl (C=O) groups is 2. The summed E-state index contributed by atoms with van der Waals surface area (Å²) in [5, 5.41) is 9.91. The van der Waals surface area contributed by atoms with Gasteiger partial charge in [0.1, 0.15) is 11.4 Å². The zero-order valence-corrected chi connectivity index (χ0v) is 15.3. The predicted octanol–water partition coefficient (Wildman–Crippen LogP) is 3.31. The highest BCUT2D eigenvalue weighted by Crippen LogP contribution is 2.28. The quantitative estimate of drug-likeness (QED) is 0.727. The summed E-state index contributed by atoms with van der Waals surface area (Å²) in [7, 11) is 3.23. The number of aromatic nitrogens is 2. The average molecular weight is 364 g/mol. The molecule has 0 aliphatic carbocycles. The third-order valence-electron chi connectivity index (χ3n) is 3.95. The van der Waals surface area contributed by atoms with Crippen LogP contribution in [0.1, 0.15) is 17.4 Å². The summed E-state index contributed by atoms with van der Waals surface area (Å²) in [4.78, 5) is 24.0. The van der Waals surface area contributed by atoms with Gasteiger partial charge in [-0.1, -0.05) is 30.3 Å². The van der Waals surface area contributed by atoms with Crippen LogP contribution in [0.25, 0.3) is 11.3 Å². The van der Waals surface area contributed by atoms with Crippen molar-refractivity contribution in [3.05, 3.63) is 60.3 Å². The van der Waals surface area contributed by atoms with Crippen molar-refractivity contribution in [1.29, 1.82) is 0 Å². The third-order valence-corrected chi connectivity index (χ3v) is 3.95. The van der Waals surface area contributed by atoms with Crippen LogP contribution in [-0.4, -0.2) is 28.7 Å². The highest BCUT2D eigenvalue weighted by molar-refractivity contribution is 6.05. The Morgan fingerprint density at radius 2 is 1.78 bits per heavy atom. The number of anilines is 2. The molecule has 2 aromatic carbocycles. The minimum absolute atomic E-state index is 0.198. The number of methoxy groups -OCH3 is 1. The lowest BCUT2D eigenvalue weighted by Gasteiger charge is -2.12. The first-order valence-corrected chi connectivity index (χ1v) is 8.34. The van der Waals surface area contributed by atoms with Crippen molar-refractivity contribution in [1.82, 2.24) is 9.78 Å².